The first kappa shape index (κ1) is 13.4. The van der Waals surface area contributed by atoms with E-state index in [1.807, 2.05) is 0 Å². The van der Waals surface area contributed by atoms with Gasteiger partial charge >= 0.3 is 0 Å². The van der Waals surface area contributed by atoms with Gasteiger partial charge in [-0.25, -0.2) is 10.8 Å². The van der Waals surface area contributed by atoms with Crippen molar-refractivity contribution in [2.45, 2.75) is 6.54 Å². The fourth-order valence-corrected chi connectivity index (χ4v) is 1.78. The van der Waals surface area contributed by atoms with Gasteiger partial charge in [-0.15, -0.1) is 10.2 Å². The van der Waals surface area contributed by atoms with Gasteiger partial charge < -0.3 is 15.3 Å². The van der Waals surface area contributed by atoms with Crippen LogP contribution in [0.3, 0.4) is 0 Å². The third kappa shape index (κ3) is 3.06. The van der Waals surface area contributed by atoms with Crippen LogP contribution < -0.4 is 16.6 Å². The zero-order valence-electron chi connectivity index (χ0n) is 10.1. The minimum absolute atomic E-state index is 0.270. The van der Waals surface area contributed by atoms with Crippen molar-refractivity contribution >= 4 is 27.7 Å². The second kappa shape index (κ2) is 5.76. The number of amides is 1. The van der Waals surface area contributed by atoms with Gasteiger partial charge in [0.15, 0.2) is 11.6 Å². The number of rotatable bonds is 4. The van der Waals surface area contributed by atoms with E-state index >= 15 is 0 Å². The molecule has 0 aliphatic heterocycles. The van der Waals surface area contributed by atoms with Gasteiger partial charge in [-0.2, -0.15) is 0 Å². The first-order valence-corrected chi connectivity index (χ1v) is 6.14. The van der Waals surface area contributed by atoms with Crippen molar-refractivity contribution in [3.05, 3.63) is 34.5 Å². The highest BCUT2D eigenvalue weighted by molar-refractivity contribution is 9.10. The lowest BCUT2D eigenvalue weighted by Gasteiger charge is -2.09. The van der Waals surface area contributed by atoms with Gasteiger partial charge in [-0.3, -0.25) is 4.79 Å². The smallest absolute Gasteiger partial charge is 0.255 e. The van der Waals surface area contributed by atoms with Gasteiger partial charge in [0.1, 0.15) is 6.33 Å². The Balaban J connectivity index is 2.12. The lowest BCUT2D eigenvalue weighted by molar-refractivity contribution is 0.0950. The second-order valence-electron chi connectivity index (χ2n) is 3.73. The van der Waals surface area contributed by atoms with E-state index in [-0.39, 0.29) is 12.5 Å². The molecule has 2 heterocycles. The molecule has 1 amide bonds. The molecule has 2 aromatic rings. The first-order valence-electron chi connectivity index (χ1n) is 5.35. The normalized spacial score (nSPS) is 10.3. The molecular weight excluding hydrogens is 314 g/mol. The van der Waals surface area contributed by atoms with E-state index in [1.165, 1.54) is 0 Å². The van der Waals surface area contributed by atoms with E-state index in [9.17, 15) is 4.79 Å². The average Bonchev–Trinajstić information content (AvgIpc) is 2.81. The van der Waals surface area contributed by atoms with Crippen LogP contribution in [0.15, 0.2) is 23.1 Å². The van der Waals surface area contributed by atoms with Crippen molar-refractivity contribution in [1.82, 2.24) is 25.1 Å². The highest BCUT2D eigenvalue weighted by Crippen LogP contribution is 2.17. The summed E-state index contributed by atoms with van der Waals surface area (Å²) in [5.74, 6) is 5.97. The number of carbonyl (C=O) groups is 1. The second-order valence-corrected chi connectivity index (χ2v) is 4.65. The Kier molecular flexibility index (Phi) is 4.07. The summed E-state index contributed by atoms with van der Waals surface area (Å²) in [7, 11) is 1.80. The van der Waals surface area contributed by atoms with Gasteiger partial charge in [-0.1, -0.05) is 0 Å². The van der Waals surface area contributed by atoms with Crippen LogP contribution in [0.4, 0.5) is 5.82 Å². The number of carbonyl (C=O) groups excluding carboxylic acids is 1. The lowest BCUT2D eigenvalue weighted by Crippen LogP contribution is -2.26. The van der Waals surface area contributed by atoms with Crippen molar-refractivity contribution in [3.8, 4) is 0 Å². The van der Waals surface area contributed by atoms with Crippen molar-refractivity contribution in [2.24, 2.45) is 12.9 Å². The van der Waals surface area contributed by atoms with E-state index in [0.29, 0.717) is 21.7 Å². The number of pyridine rings is 1. The number of halogens is 1. The maximum Gasteiger partial charge on any atom is 0.255 e. The Morgan fingerprint density at radius 2 is 2.37 bits per heavy atom. The van der Waals surface area contributed by atoms with Crippen molar-refractivity contribution < 1.29 is 4.79 Å². The molecule has 8 nitrogen and oxygen atoms in total. The number of nitrogens with one attached hydrogen (secondary N) is 2. The zero-order valence-corrected chi connectivity index (χ0v) is 11.7. The van der Waals surface area contributed by atoms with Crippen molar-refractivity contribution in [1.29, 1.82) is 0 Å². The van der Waals surface area contributed by atoms with Crippen LogP contribution >= 0.6 is 15.9 Å². The van der Waals surface area contributed by atoms with Crippen LogP contribution in [0.5, 0.6) is 0 Å². The minimum atomic E-state index is -0.301. The summed E-state index contributed by atoms with van der Waals surface area (Å²) in [4.78, 5) is 16.1. The number of anilines is 1. The van der Waals surface area contributed by atoms with Gasteiger partial charge in [0.05, 0.1) is 12.1 Å². The van der Waals surface area contributed by atoms with Crippen molar-refractivity contribution in [2.75, 3.05) is 5.43 Å². The summed E-state index contributed by atoms with van der Waals surface area (Å²) in [6.45, 7) is 0.270. The summed E-state index contributed by atoms with van der Waals surface area (Å²) in [6, 6.07) is 1.63. The van der Waals surface area contributed by atoms with Crippen LogP contribution in [0.2, 0.25) is 0 Å². The molecule has 0 fully saturated rings. The predicted molar refractivity (Wildman–Crippen MR) is 71.9 cm³/mol. The Morgan fingerprint density at radius 3 is 3.00 bits per heavy atom. The molecule has 0 aromatic carbocycles. The number of nitrogen functional groups attached to an aromatic ring is 1. The van der Waals surface area contributed by atoms with E-state index in [1.54, 1.807) is 30.2 Å². The van der Waals surface area contributed by atoms with E-state index in [2.05, 4.69) is 41.9 Å². The number of hydrogen-bond acceptors (Lipinski definition) is 6. The molecule has 4 N–H and O–H groups in total. The first-order chi connectivity index (χ1) is 9.11. The number of nitrogens with zero attached hydrogens (tertiary/aromatic N) is 4. The van der Waals surface area contributed by atoms with Gasteiger partial charge in [0.25, 0.3) is 5.91 Å². The molecule has 0 spiro atoms. The summed E-state index contributed by atoms with van der Waals surface area (Å²) in [6.07, 6.45) is 3.11. The van der Waals surface area contributed by atoms with Gasteiger partial charge in [0.2, 0.25) is 0 Å². The topological polar surface area (TPSA) is 111 Å². The quantitative estimate of drug-likeness (QED) is 0.546. The van der Waals surface area contributed by atoms with E-state index in [0.717, 1.165) is 0 Å². The molecule has 2 rings (SSSR count). The summed E-state index contributed by atoms with van der Waals surface area (Å²) >= 11 is 3.26. The monoisotopic (exact) mass is 325 g/mol. The zero-order chi connectivity index (χ0) is 13.8. The molecule has 0 atom stereocenters. The maximum atomic E-state index is 12.1. The third-order valence-electron chi connectivity index (χ3n) is 2.45. The van der Waals surface area contributed by atoms with Crippen LogP contribution in [0.1, 0.15) is 16.2 Å². The van der Waals surface area contributed by atoms with E-state index in [4.69, 9.17) is 5.84 Å². The molecule has 2 aromatic heterocycles. The summed E-state index contributed by atoms with van der Waals surface area (Å²) in [5.41, 5.74) is 2.73. The lowest BCUT2D eigenvalue weighted by atomic mass is 10.2. The standard InChI is InChI=1S/C10H12BrN7O/c1-18-5-15-17-8(18)4-14-10(19)7-2-6(11)3-13-9(7)16-12/h2-3,5H,4,12H2,1H3,(H,13,16)(H,14,19). The largest absolute Gasteiger partial charge is 0.345 e. The van der Waals surface area contributed by atoms with Gasteiger partial charge in [-0.05, 0) is 22.0 Å². The molecular formula is C10H12BrN7O. The van der Waals surface area contributed by atoms with Crippen LogP contribution in [0, 0.1) is 0 Å². The molecule has 0 aliphatic carbocycles. The Labute approximate surface area is 117 Å². The Morgan fingerprint density at radius 1 is 1.58 bits per heavy atom. The molecule has 0 aliphatic rings. The van der Waals surface area contributed by atoms with Crippen LogP contribution in [-0.4, -0.2) is 25.7 Å². The highest BCUT2D eigenvalue weighted by atomic mass is 79.9. The molecule has 19 heavy (non-hydrogen) atoms. The molecule has 0 radical (unpaired) electrons. The Bertz CT molecular complexity index is 597. The molecule has 0 bridgehead atoms. The molecule has 100 valence electrons. The number of nitrogens with two attached hydrogens (primary N) is 1. The fraction of sp³-hybridized carbons (Fsp3) is 0.200. The number of aromatic nitrogens is 4. The number of aryl methyl sites for hydroxylation is 1. The molecule has 9 heteroatoms. The van der Waals surface area contributed by atoms with Crippen LogP contribution in [-0.2, 0) is 13.6 Å². The third-order valence-corrected chi connectivity index (χ3v) is 2.88. The SMILES string of the molecule is Cn1cnnc1CNC(=O)c1cc(Br)cnc1NN. The number of hydrogen-bond donors (Lipinski definition) is 3. The predicted octanol–water partition coefficient (Wildman–Crippen LogP) is 0.188. The summed E-state index contributed by atoms with van der Waals surface area (Å²) in [5, 5.41) is 10.3. The minimum Gasteiger partial charge on any atom is -0.345 e. The highest BCUT2D eigenvalue weighted by Gasteiger charge is 2.13. The molecule has 0 unspecified atom stereocenters. The fourth-order valence-electron chi connectivity index (χ4n) is 1.45. The van der Waals surface area contributed by atoms with E-state index < -0.39 is 0 Å². The van der Waals surface area contributed by atoms with Crippen molar-refractivity contribution in [3.63, 3.8) is 0 Å². The molecule has 0 saturated heterocycles. The molecule has 0 saturated carbocycles. The van der Waals surface area contributed by atoms with Crippen LogP contribution in [0.25, 0.3) is 0 Å². The Hall–Kier alpha value is -2.00. The van der Waals surface area contributed by atoms with Gasteiger partial charge in [0, 0.05) is 17.7 Å². The maximum absolute atomic E-state index is 12.1. The average molecular weight is 326 g/mol. The number of hydrazine groups is 1. The summed E-state index contributed by atoms with van der Waals surface area (Å²) < 4.78 is 2.41.